The van der Waals surface area contributed by atoms with Crippen LogP contribution >= 0.6 is 11.6 Å². The number of rotatable bonds is 3. The van der Waals surface area contributed by atoms with Gasteiger partial charge in [-0.1, -0.05) is 29.8 Å². The predicted octanol–water partition coefficient (Wildman–Crippen LogP) is 5.57. The highest BCUT2D eigenvalue weighted by atomic mass is 35.5. The number of halogens is 4. The number of nitriles is 1. The minimum atomic E-state index is -4.74. The number of carbonyl (C=O) groups excluding carboxylic acids is 1. The number of nitrogens with two attached hydrogens (primary N) is 1. The number of nitro groups is 1. The van der Waals surface area contributed by atoms with E-state index in [4.69, 9.17) is 17.3 Å². The Morgan fingerprint density at radius 2 is 1.91 bits per heavy atom. The molecule has 174 valence electrons. The Morgan fingerprint density at radius 1 is 1.21 bits per heavy atom. The first-order valence-corrected chi connectivity index (χ1v) is 10.5. The summed E-state index contributed by atoms with van der Waals surface area (Å²) < 4.78 is 41.5. The molecule has 0 aromatic heterocycles. The zero-order valence-corrected chi connectivity index (χ0v) is 18.2. The van der Waals surface area contributed by atoms with E-state index in [1.807, 2.05) is 6.07 Å². The maximum Gasteiger partial charge on any atom is 0.416 e. The molecular weight excluding hydrogens is 473 g/mol. The molecule has 2 aromatic rings. The Hall–Kier alpha value is -3.84. The van der Waals surface area contributed by atoms with Crippen LogP contribution in [-0.4, -0.2) is 10.7 Å². The third-order valence-electron chi connectivity index (χ3n) is 5.87. The second-order valence-corrected chi connectivity index (χ2v) is 8.23. The molecule has 0 saturated heterocycles. The molecular formula is C23H16ClF3N4O3. The van der Waals surface area contributed by atoms with Crippen LogP contribution in [0.1, 0.15) is 36.3 Å². The molecule has 7 nitrogen and oxygen atoms in total. The van der Waals surface area contributed by atoms with Crippen LogP contribution in [0.3, 0.4) is 0 Å². The van der Waals surface area contributed by atoms with E-state index in [2.05, 4.69) is 0 Å². The number of alkyl halides is 3. The second-order valence-electron chi connectivity index (χ2n) is 7.79. The fraction of sp³-hybridized carbons (Fsp3) is 0.217. The first kappa shape index (κ1) is 23.3. The second kappa shape index (κ2) is 8.50. The van der Waals surface area contributed by atoms with E-state index in [0.29, 0.717) is 6.42 Å². The van der Waals surface area contributed by atoms with Crippen molar-refractivity contribution >= 4 is 28.8 Å². The highest BCUT2D eigenvalue weighted by Gasteiger charge is 2.45. The lowest BCUT2D eigenvalue weighted by molar-refractivity contribution is -0.384. The zero-order valence-electron chi connectivity index (χ0n) is 17.4. The Morgan fingerprint density at radius 3 is 2.56 bits per heavy atom. The number of allylic oxidation sites excluding steroid dienone is 3. The Bertz CT molecular complexity index is 1330. The molecule has 0 fully saturated rings. The quantitative estimate of drug-likeness (QED) is 0.446. The maximum atomic E-state index is 13.8. The van der Waals surface area contributed by atoms with Crippen molar-refractivity contribution in [3.63, 3.8) is 0 Å². The third kappa shape index (κ3) is 3.78. The maximum absolute atomic E-state index is 13.8. The average Bonchev–Trinajstić information content (AvgIpc) is 2.78. The predicted molar refractivity (Wildman–Crippen MR) is 117 cm³/mol. The molecule has 1 unspecified atom stereocenters. The molecule has 1 heterocycles. The Labute approximate surface area is 196 Å². The van der Waals surface area contributed by atoms with Crippen molar-refractivity contribution in [3.8, 4) is 6.07 Å². The number of hydrogen-bond donors (Lipinski definition) is 1. The highest BCUT2D eigenvalue weighted by molar-refractivity contribution is 6.31. The lowest BCUT2D eigenvalue weighted by atomic mass is 9.74. The van der Waals surface area contributed by atoms with Gasteiger partial charge in [0.15, 0.2) is 5.78 Å². The van der Waals surface area contributed by atoms with Crippen LogP contribution in [-0.2, 0) is 11.0 Å². The Balaban J connectivity index is 2.05. The van der Waals surface area contributed by atoms with Crippen LogP contribution < -0.4 is 10.6 Å². The van der Waals surface area contributed by atoms with Crippen molar-refractivity contribution < 1.29 is 22.9 Å². The van der Waals surface area contributed by atoms with Crippen molar-refractivity contribution in [1.29, 1.82) is 5.26 Å². The molecule has 34 heavy (non-hydrogen) atoms. The number of Topliss-reactive ketones (excluding diaryl/α,β-unsaturated/α-hetero) is 1. The molecule has 1 aliphatic carbocycles. The van der Waals surface area contributed by atoms with Crippen LogP contribution in [0.4, 0.5) is 24.5 Å². The number of hydrogen-bond acceptors (Lipinski definition) is 6. The lowest BCUT2D eigenvalue weighted by Crippen LogP contribution is -2.39. The summed E-state index contributed by atoms with van der Waals surface area (Å²) in [4.78, 5) is 25.4. The van der Waals surface area contributed by atoms with Crippen LogP contribution in [0, 0.1) is 21.4 Å². The van der Waals surface area contributed by atoms with E-state index < -0.39 is 34.1 Å². The molecule has 0 spiro atoms. The van der Waals surface area contributed by atoms with Crippen LogP contribution in [0.5, 0.6) is 0 Å². The number of anilines is 1. The normalized spacial score (nSPS) is 18.6. The zero-order chi connectivity index (χ0) is 24.8. The van der Waals surface area contributed by atoms with Gasteiger partial charge in [0.05, 0.1) is 28.0 Å². The summed E-state index contributed by atoms with van der Waals surface area (Å²) in [7, 11) is 0. The largest absolute Gasteiger partial charge is 0.416 e. The molecule has 0 radical (unpaired) electrons. The van der Waals surface area contributed by atoms with Gasteiger partial charge in [0.1, 0.15) is 11.5 Å². The van der Waals surface area contributed by atoms with Crippen LogP contribution in [0.15, 0.2) is 65.1 Å². The number of nitrogens with zero attached hydrogens (tertiary/aromatic N) is 3. The SMILES string of the molecule is N#CC1=C(N)N(c2ccc(Cl)cc2[N+](=O)[O-])C2=C(C(=O)CCC2)C1c1ccccc1C(F)(F)F. The van der Waals surface area contributed by atoms with Gasteiger partial charge in [-0.15, -0.1) is 0 Å². The highest BCUT2D eigenvalue weighted by Crippen LogP contribution is 2.50. The van der Waals surface area contributed by atoms with E-state index in [9.17, 15) is 33.3 Å². The fourth-order valence-electron chi connectivity index (χ4n) is 4.51. The molecule has 4 rings (SSSR count). The number of ketones is 1. The topological polar surface area (TPSA) is 113 Å². The van der Waals surface area contributed by atoms with Crippen molar-refractivity contribution in [2.24, 2.45) is 5.73 Å². The fourth-order valence-corrected chi connectivity index (χ4v) is 4.68. The minimum Gasteiger partial charge on any atom is -0.384 e. The molecule has 11 heteroatoms. The smallest absolute Gasteiger partial charge is 0.384 e. The van der Waals surface area contributed by atoms with Gasteiger partial charge in [-0.25, -0.2) is 0 Å². The number of benzene rings is 2. The molecule has 1 atom stereocenters. The lowest BCUT2D eigenvalue weighted by Gasteiger charge is -2.39. The van der Waals surface area contributed by atoms with Gasteiger partial charge >= 0.3 is 6.18 Å². The molecule has 2 N–H and O–H groups in total. The summed E-state index contributed by atoms with van der Waals surface area (Å²) in [5.41, 5.74) is 4.51. The molecule has 0 saturated carbocycles. The van der Waals surface area contributed by atoms with E-state index in [-0.39, 0.29) is 51.8 Å². The summed E-state index contributed by atoms with van der Waals surface area (Å²) in [5, 5.41) is 21.8. The van der Waals surface area contributed by atoms with Gasteiger partial charge < -0.3 is 5.73 Å². The summed E-state index contributed by atoms with van der Waals surface area (Å²) >= 11 is 5.92. The van der Waals surface area contributed by atoms with E-state index >= 15 is 0 Å². The van der Waals surface area contributed by atoms with Gasteiger partial charge in [0, 0.05) is 28.8 Å². The molecule has 2 aromatic carbocycles. The van der Waals surface area contributed by atoms with Crippen molar-refractivity contribution in [2.75, 3.05) is 4.90 Å². The average molecular weight is 489 g/mol. The summed E-state index contributed by atoms with van der Waals surface area (Å²) in [6.07, 6.45) is -4.07. The monoisotopic (exact) mass is 488 g/mol. The minimum absolute atomic E-state index is 0.0158. The summed E-state index contributed by atoms with van der Waals surface area (Å²) in [6.45, 7) is 0. The molecule has 0 bridgehead atoms. The van der Waals surface area contributed by atoms with E-state index in [1.165, 1.54) is 35.2 Å². The third-order valence-corrected chi connectivity index (χ3v) is 6.10. The molecule has 2 aliphatic rings. The van der Waals surface area contributed by atoms with E-state index in [1.54, 1.807) is 0 Å². The summed E-state index contributed by atoms with van der Waals surface area (Å²) in [6, 6.07) is 10.4. The summed E-state index contributed by atoms with van der Waals surface area (Å²) in [5.74, 6) is -2.07. The van der Waals surface area contributed by atoms with Gasteiger partial charge in [-0.3, -0.25) is 19.8 Å². The van der Waals surface area contributed by atoms with Crippen LogP contribution in [0.25, 0.3) is 0 Å². The van der Waals surface area contributed by atoms with Crippen molar-refractivity contribution in [3.05, 3.63) is 91.4 Å². The van der Waals surface area contributed by atoms with E-state index in [0.717, 1.165) is 12.1 Å². The van der Waals surface area contributed by atoms with Gasteiger partial charge in [0.2, 0.25) is 0 Å². The van der Waals surface area contributed by atoms with Crippen LogP contribution in [0.2, 0.25) is 5.02 Å². The van der Waals surface area contributed by atoms with Crippen molar-refractivity contribution in [1.82, 2.24) is 0 Å². The van der Waals surface area contributed by atoms with Gasteiger partial charge in [0.25, 0.3) is 5.69 Å². The van der Waals surface area contributed by atoms with Gasteiger partial charge in [-0.2, -0.15) is 18.4 Å². The molecule has 0 amide bonds. The number of carbonyl (C=O) groups is 1. The molecule has 1 aliphatic heterocycles. The van der Waals surface area contributed by atoms with Crippen molar-refractivity contribution in [2.45, 2.75) is 31.4 Å². The first-order chi connectivity index (χ1) is 16.1. The number of nitro benzene ring substituents is 1. The Kier molecular flexibility index (Phi) is 5.83. The van der Waals surface area contributed by atoms with Gasteiger partial charge in [-0.05, 0) is 36.6 Å². The standard InChI is InChI=1S/C23H16ClF3N4O3/c24-12-8-9-16(18(10-12)31(33)34)30-17-6-3-7-19(32)21(17)20(14(11-28)22(30)29)13-4-1-2-5-15(13)23(25,26)27/h1-2,4-5,8-10,20H,3,6-7,29H2. The first-order valence-electron chi connectivity index (χ1n) is 10.1.